The van der Waals surface area contributed by atoms with Gasteiger partial charge in [0.15, 0.2) is 33.5 Å². The molecule has 30 nitrogen and oxygen atoms in total. The van der Waals surface area contributed by atoms with E-state index in [0.717, 1.165) is 5.56 Å². The Morgan fingerprint density at radius 1 is 0.440 bits per heavy atom. The minimum atomic E-state index is -2.81. The molecule has 5 fully saturated rings. The zero-order valence-corrected chi connectivity index (χ0v) is 66.2. The fourth-order valence-electron chi connectivity index (χ4n) is 13.8. The van der Waals surface area contributed by atoms with Crippen LogP contribution in [0.5, 0.6) is 0 Å². The number of hydrogen-bond acceptors (Lipinski definition) is 25. The number of benzene rings is 7. The summed E-state index contributed by atoms with van der Waals surface area (Å²) in [4.78, 5) is 71.0. The molecule has 10 N–H and O–H groups in total. The number of aliphatic hydroxyl groups excluding tert-OH is 4. The minimum Gasteiger partial charge on any atom is -0.445 e. The van der Waals surface area contributed by atoms with Crippen molar-refractivity contribution in [2.45, 2.75) is 207 Å². The van der Waals surface area contributed by atoms with Crippen LogP contribution in [0.3, 0.4) is 0 Å². The number of aliphatic hydroxyl groups is 4. The van der Waals surface area contributed by atoms with Gasteiger partial charge >= 0.3 is 30.5 Å². The van der Waals surface area contributed by atoms with Crippen molar-refractivity contribution in [2.24, 2.45) is 0 Å². The molecule has 4 heterocycles. The lowest BCUT2D eigenvalue weighted by Crippen LogP contribution is -2.71. The number of amides is 5. The maximum Gasteiger partial charge on any atom is 0.407 e. The smallest absolute Gasteiger partial charge is 0.407 e. The average molecular weight is 1620 g/mol. The highest BCUT2D eigenvalue weighted by Gasteiger charge is 2.59. The normalized spacial score (nSPS) is 27.8. The van der Waals surface area contributed by atoms with Crippen molar-refractivity contribution in [2.75, 3.05) is 32.9 Å². The van der Waals surface area contributed by atoms with Crippen molar-refractivity contribution in [1.29, 1.82) is 0 Å². The topological polar surface area (TPSA) is 377 Å². The third-order valence-electron chi connectivity index (χ3n) is 21.1. The summed E-state index contributed by atoms with van der Waals surface area (Å²) < 4.78 is 97.6. The fourth-order valence-corrected chi connectivity index (χ4v) is 14.8. The standard InChI is InChI=1S/C85H104N6O24Si/c1-85(2,3)116(4,5)108-52-64-73(114-77-65(90-83(99)106-49-57-35-21-10-22-36-57)69(94)68(93)62(109-77)45-87-80(96)103-46-54-29-15-7-16-30-54)75(101-42-41-86-44-53-27-13-6-14-28-53)79(111-64)115-74-67(92)60(88-81(97)104-47-55-31-17-8-18-32-55)43-61(89-82(98)105-48-56-33-19-9-20-34-56)71(74)112-78-66(91-84(100)107-50-58-37-23-11-24-38-58)70(95)72-63(110-78)51-102-76(113-72)59-39-25-12-26-40-59/h6-40,60-79,86,92-95H,41-52H2,1-5H3,(H,87,96)(H,88,97)(H,89,98)(H,90,99)(H,91,100)/t60-,61+,62+,63-,64-,65-,66-,67+,68-,69-,70-,71-,72-,73-,74-,75-,76?,77-,78-,79+/m1/s1. The molecule has 1 unspecified atom stereocenters. The van der Waals surface area contributed by atoms with E-state index in [4.69, 9.17) is 70.7 Å². The monoisotopic (exact) mass is 1620 g/mol. The first-order chi connectivity index (χ1) is 56.1. The predicted octanol–water partition coefficient (Wildman–Crippen LogP) is 8.58. The van der Waals surface area contributed by atoms with Crippen LogP contribution in [0, 0.1) is 0 Å². The summed E-state index contributed by atoms with van der Waals surface area (Å²) in [5.41, 5.74) is 4.80. The first-order valence-electron chi connectivity index (χ1n) is 38.9. The first-order valence-corrected chi connectivity index (χ1v) is 41.8. The van der Waals surface area contributed by atoms with Crippen molar-refractivity contribution in [3.8, 4) is 0 Å². The quantitative estimate of drug-likeness (QED) is 0.0107. The zero-order valence-electron chi connectivity index (χ0n) is 65.2. The molecule has 0 radical (unpaired) electrons. The Bertz CT molecular complexity index is 4180. The van der Waals surface area contributed by atoms with Gasteiger partial charge < -0.3 is 123 Å². The summed E-state index contributed by atoms with van der Waals surface area (Å²) in [6, 6.07) is 56.9. The van der Waals surface area contributed by atoms with E-state index in [-0.39, 0.29) is 65.8 Å². The summed E-state index contributed by atoms with van der Waals surface area (Å²) in [6.07, 6.45) is -30.6. The highest BCUT2D eigenvalue weighted by molar-refractivity contribution is 6.74. The molecule has 7 aromatic rings. The van der Waals surface area contributed by atoms with Crippen LogP contribution < -0.4 is 31.9 Å². The molecule has 4 aliphatic heterocycles. The van der Waals surface area contributed by atoms with E-state index in [1.54, 1.807) is 170 Å². The second-order valence-electron chi connectivity index (χ2n) is 30.4. The number of fused-ring (bicyclic) bond motifs is 1. The second-order valence-corrected chi connectivity index (χ2v) is 35.2. The molecular formula is C85H104N6O24Si. The lowest BCUT2D eigenvalue weighted by atomic mass is 9.83. The Balaban J connectivity index is 0.936. The summed E-state index contributed by atoms with van der Waals surface area (Å²) in [5, 5.41) is 67.5. The molecule has 0 bridgehead atoms. The van der Waals surface area contributed by atoms with E-state index in [1.165, 1.54) is 0 Å². The van der Waals surface area contributed by atoms with E-state index in [1.807, 2.05) is 76.3 Å². The van der Waals surface area contributed by atoms with Gasteiger partial charge in [0.1, 0.15) is 118 Å². The van der Waals surface area contributed by atoms with E-state index < -0.39 is 173 Å². The first kappa shape index (κ1) is 85.9. The van der Waals surface area contributed by atoms with Crippen LogP contribution in [-0.4, -0.2) is 208 Å². The molecular weight excluding hydrogens is 1520 g/mol. The van der Waals surface area contributed by atoms with E-state index in [2.05, 4.69) is 31.9 Å². The summed E-state index contributed by atoms with van der Waals surface area (Å²) >= 11 is 0. The SMILES string of the molecule is CC(C)(C)[Si](C)(C)OC[C@H]1O[C@@H](O[C@@H]2[C@@H](O)[C@H](NC(=O)OCc3ccccc3)C[C@H](NC(=O)OCc3ccccc3)[C@H]2O[C@H]2O[C@@H]3COC(c4ccccc4)O[C@H]3[C@H](O)[C@H]2NC(=O)OCc2ccccc2)[C@H](OCCNCc2ccccc2)[C@@H]1O[C@H]1O[C@@H](CNC(=O)OCc2ccccc2)[C@@H](O)[C@H](O)[C@H]1NC(=O)OCc1ccccc1. The second kappa shape index (κ2) is 41.6. The maximum absolute atomic E-state index is 14.7. The zero-order chi connectivity index (χ0) is 81.6. The average Bonchev–Trinajstić information content (AvgIpc) is 1.31. The number of rotatable bonds is 32. The largest absolute Gasteiger partial charge is 0.445 e. The molecule has 7 aromatic carbocycles. The van der Waals surface area contributed by atoms with Crippen LogP contribution in [0.15, 0.2) is 212 Å². The van der Waals surface area contributed by atoms with Crippen LogP contribution in [0.2, 0.25) is 18.1 Å². The molecule has 5 amide bonds. The number of nitrogens with one attached hydrogen (secondary N) is 6. The van der Waals surface area contributed by atoms with Crippen molar-refractivity contribution < 1.29 is 115 Å². The van der Waals surface area contributed by atoms with Gasteiger partial charge in [-0.25, -0.2) is 24.0 Å². The predicted molar refractivity (Wildman–Crippen MR) is 419 cm³/mol. The molecule has 4 saturated heterocycles. The number of ether oxygens (including phenoxy) is 14. The van der Waals surface area contributed by atoms with Gasteiger partial charge in [-0.15, -0.1) is 0 Å². The van der Waals surface area contributed by atoms with E-state index in [9.17, 15) is 44.4 Å². The fraction of sp³-hybridized carbons (Fsp3) is 0.447. The van der Waals surface area contributed by atoms with Crippen molar-refractivity contribution in [3.05, 3.63) is 251 Å². The Hall–Kier alpha value is -9.49. The van der Waals surface area contributed by atoms with Gasteiger partial charge in [-0.1, -0.05) is 233 Å². The number of alkyl carbamates (subject to hydrolysis) is 5. The number of hydrogen-bond donors (Lipinski definition) is 10. The van der Waals surface area contributed by atoms with Gasteiger partial charge in [0.25, 0.3) is 0 Å². The van der Waals surface area contributed by atoms with Gasteiger partial charge in [0.05, 0.1) is 31.9 Å². The van der Waals surface area contributed by atoms with E-state index in [0.29, 0.717) is 39.9 Å². The molecule has 31 heteroatoms. The van der Waals surface area contributed by atoms with E-state index >= 15 is 0 Å². The molecule has 1 aliphatic carbocycles. The summed E-state index contributed by atoms with van der Waals surface area (Å²) in [5.74, 6) is 0. The van der Waals surface area contributed by atoms with Gasteiger partial charge in [0.2, 0.25) is 0 Å². The van der Waals surface area contributed by atoms with Gasteiger partial charge in [0, 0.05) is 25.2 Å². The molecule has 1 saturated carbocycles. The Kier molecular flexibility index (Phi) is 30.8. The molecule has 5 aliphatic rings. The molecule has 0 spiro atoms. The van der Waals surface area contributed by atoms with Gasteiger partial charge in [-0.3, -0.25) is 0 Å². The van der Waals surface area contributed by atoms with Crippen LogP contribution >= 0.6 is 0 Å². The molecule has 622 valence electrons. The molecule has 12 rings (SSSR count). The molecule has 20 atom stereocenters. The van der Waals surface area contributed by atoms with Crippen molar-refractivity contribution in [1.82, 2.24) is 31.9 Å². The van der Waals surface area contributed by atoms with Crippen molar-refractivity contribution in [3.63, 3.8) is 0 Å². The van der Waals surface area contributed by atoms with Gasteiger partial charge in [-0.2, -0.15) is 0 Å². The van der Waals surface area contributed by atoms with Gasteiger partial charge in [-0.05, 0) is 57.9 Å². The minimum absolute atomic E-state index is 0.108. The maximum atomic E-state index is 14.7. The third-order valence-corrected chi connectivity index (χ3v) is 25.6. The van der Waals surface area contributed by atoms with Crippen LogP contribution in [0.1, 0.15) is 72.4 Å². The number of carbonyl (C=O) groups is 5. The summed E-state index contributed by atoms with van der Waals surface area (Å²) in [6.45, 7) is 8.74. The molecule has 116 heavy (non-hydrogen) atoms. The highest BCUT2D eigenvalue weighted by atomic mass is 28.4. The lowest BCUT2D eigenvalue weighted by molar-refractivity contribution is -0.358. The summed E-state index contributed by atoms with van der Waals surface area (Å²) in [7, 11) is -2.81. The Labute approximate surface area is 674 Å². The Morgan fingerprint density at radius 2 is 0.862 bits per heavy atom. The third kappa shape index (κ3) is 23.9. The van der Waals surface area contributed by atoms with Crippen LogP contribution in [0.25, 0.3) is 0 Å². The van der Waals surface area contributed by atoms with Crippen LogP contribution in [-0.2, 0) is 110 Å². The van der Waals surface area contributed by atoms with Crippen molar-refractivity contribution >= 4 is 38.8 Å². The lowest BCUT2D eigenvalue weighted by Gasteiger charge is -2.51. The molecule has 0 aromatic heterocycles. The Morgan fingerprint density at radius 3 is 1.36 bits per heavy atom. The number of carbonyl (C=O) groups excluding carboxylic acids is 5. The van der Waals surface area contributed by atoms with Crippen LogP contribution in [0.4, 0.5) is 24.0 Å². The highest BCUT2D eigenvalue weighted by Crippen LogP contribution is 2.42.